The lowest BCUT2D eigenvalue weighted by molar-refractivity contribution is 0.524. The molecule has 1 N–H and O–H groups in total. The third-order valence-corrected chi connectivity index (χ3v) is 4.02. The van der Waals surface area contributed by atoms with Gasteiger partial charge in [0.05, 0.1) is 0 Å². The van der Waals surface area contributed by atoms with Gasteiger partial charge in [-0.2, -0.15) is 0 Å². The van der Waals surface area contributed by atoms with Crippen molar-refractivity contribution in [2.24, 2.45) is 0 Å². The van der Waals surface area contributed by atoms with Gasteiger partial charge in [0.25, 0.3) is 0 Å². The summed E-state index contributed by atoms with van der Waals surface area (Å²) in [5.41, 5.74) is 2.77. The number of piperidine rings is 1. The zero-order chi connectivity index (χ0) is 13.1. The van der Waals surface area contributed by atoms with Crippen molar-refractivity contribution in [2.75, 3.05) is 23.3 Å². The number of anilines is 2. The van der Waals surface area contributed by atoms with Gasteiger partial charge in [-0.15, -0.1) is 10.2 Å². The second kappa shape index (κ2) is 5.48. The largest absolute Gasteiger partial charge is 0.367 e. The first-order valence-corrected chi connectivity index (χ1v) is 7.25. The Balaban J connectivity index is 1.56. The predicted molar refractivity (Wildman–Crippen MR) is 75.5 cm³/mol. The van der Waals surface area contributed by atoms with E-state index in [9.17, 15) is 0 Å². The topological polar surface area (TPSA) is 66.8 Å². The van der Waals surface area contributed by atoms with E-state index in [0.717, 1.165) is 42.6 Å². The summed E-state index contributed by atoms with van der Waals surface area (Å²) in [5, 5.41) is 12.5. The van der Waals surface area contributed by atoms with E-state index < -0.39 is 0 Å². The Morgan fingerprint density at radius 2 is 2.16 bits per heavy atom. The van der Waals surface area contributed by atoms with Gasteiger partial charge in [-0.1, -0.05) is 11.3 Å². The van der Waals surface area contributed by atoms with Gasteiger partial charge >= 0.3 is 0 Å². The second-order valence-electron chi connectivity index (χ2n) is 4.67. The van der Waals surface area contributed by atoms with Gasteiger partial charge in [0.1, 0.15) is 17.7 Å². The molecule has 1 saturated heterocycles. The van der Waals surface area contributed by atoms with Crippen molar-refractivity contribution in [3.05, 3.63) is 23.6 Å². The van der Waals surface area contributed by atoms with E-state index in [2.05, 4.69) is 30.4 Å². The number of nitrogens with zero attached hydrogens (tertiary/aromatic N) is 5. The van der Waals surface area contributed by atoms with Crippen LogP contribution in [-0.2, 0) is 0 Å². The molecule has 2 aromatic rings. The molecule has 0 aromatic carbocycles. The number of aromatic nitrogens is 4. The summed E-state index contributed by atoms with van der Waals surface area (Å²) >= 11 is 1.60. The van der Waals surface area contributed by atoms with Gasteiger partial charge < -0.3 is 10.2 Å². The number of rotatable bonds is 3. The SMILES string of the molecule is Cc1cc(NC2CCN(c3nncs3)CC2)ncn1. The van der Waals surface area contributed by atoms with Gasteiger partial charge in [0, 0.05) is 30.9 Å². The maximum atomic E-state index is 4.25. The third kappa shape index (κ3) is 2.98. The van der Waals surface area contributed by atoms with Crippen LogP contribution in [0.4, 0.5) is 10.9 Å². The summed E-state index contributed by atoms with van der Waals surface area (Å²) in [7, 11) is 0. The number of hydrogen-bond acceptors (Lipinski definition) is 7. The van der Waals surface area contributed by atoms with E-state index in [1.165, 1.54) is 0 Å². The highest BCUT2D eigenvalue weighted by atomic mass is 32.1. The molecule has 7 heteroatoms. The van der Waals surface area contributed by atoms with Crippen molar-refractivity contribution >= 4 is 22.3 Å². The van der Waals surface area contributed by atoms with Crippen LogP contribution in [-0.4, -0.2) is 39.3 Å². The van der Waals surface area contributed by atoms with Crippen molar-refractivity contribution in [1.82, 2.24) is 20.2 Å². The molecule has 3 rings (SSSR count). The van der Waals surface area contributed by atoms with E-state index in [-0.39, 0.29) is 0 Å². The van der Waals surface area contributed by atoms with Crippen LogP contribution < -0.4 is 10.2 Å². The quantitative estimate of drug-likeness (QED) is 0.920. The van der Waals surface area contributed by atoms with Crippen LogP contribution in [0.25, 0.3) is 0 Å². The molecule has 1 aliphatic heterocycles. The molecule has 0 saturated carbocycles. The van der Waals surface area contributed by atoms with Crippen LogP contribution in [0.1, 0.15) is 18.5 Å². The van der Waals surface area contributed by atoms with E-state index >= 15 is 0 Å². The Morgan fingerprint density at radius 1 is 1.32 bits per heavy atom. The van der Waals surface area contributed by atoms with Gasteiger partial charge in [-0.05, 0) is 19.8 Å². The van der Waals surface area contributed by atoms with Gasteiger partial charge in [0.15, 0.2) is 0 Å². The second-order valence-corrected chi connectivity index (χ2v) is 5.48. The first-order valence-electron chi connectivity index (χ1n) is 6.37. The van der Waals surface area contributed by atoms with E-state index in [0.29, 0.717) is 6.04 Å². The van der Waals surface area contributed by atoms with Gasteiger partial charge in [-0.3, -0.25) is 0 Å². The molecule has 19 heavy (non-hydrogen) atoms. The normalized spacial score (nSPS) is 16.6. The standard InChI is InChI=1S/C12H16N6S/c1-9-6-11(14-7-13-9)16-10-2-4-18(5-3-10)12-17-15-8-19-12/h6-8,10H,2-5H2,1H3,(H,13,14,16). The summed E-state index contributed by atoms with van der Waals surface area (Å²) in [6, 6.07) is 2.45. The molecule has 0 radical (unpaired) electrons. The van der Waals surface area contributed by atoms with Crippen molar-refractivity contribution in [3.63, 3.8) is 0 Å². The number of nitrogens with one attached hydrogen (secondary N) is 1. The molecular formula is C12H16N6S. The summed E-state index contributed by atoms with van der Waals surface area (Å²) in [6.45, 7) is 4.00. The molecule has 0 bridgehead atoms. The zero-order valence-corrected chi connectivity index (χ0v) is 11.6. The van der Waals surface area contributed by atoms with E-state index in [1.807, 2.05) is 13.0 Å². The molecule has 2 aromatic heterocycles. The van der Waals surface area contributed by atoms with Crippen LogP contribution in [0.5, 0.6) is 0 Å². The maximum Gasteiger partial charge on any atom is 0.208 e. The Labute approximate surface area is 115 Å². The van der Waals surface area contributed by atoms with Crippen LogP contribution in [0.3, 0.4) is 0 Å². The third-order valence-electron chi connectivity index (χ3n) is 3.27. The zero-order valence-electron chi connectivity index (χ0n) is 10.8. The molecule has 6 nitrogen and oxygen atoms in total. The maximum absolute atomic E-state index is 4.25. The van der Waals surface area contributed by atoms with Crippen LogP contribution in [0.2, 0.25) is 0 Å². The molecule has 0 unspecified atom stereocenters. The van der Waals surface area contributed by atoms with Crippen molar-refractivity contribution in [1.29, 1.82) is 0 Å². The fourth-order valence-electron chi connectivity index (χ4n) is 2.26. The van der Waals surface area contributed by atoms with E-state index in [1.54, 1.807) is 23.2 Å². The highest BCUT2D eigenvalue weighted by molar-refractivity contribution is 7.13. The van der Waals surface area contributed by atoms with Crippen molar-refractivity contribution in [3.8, 4) is 0 Å². The highest BCUT2D eigenvalue weighted by Gasteiger charge is 2.21. The minimum atomic E-state index is 0.471. The highest BCUT2D eigenvalue weighted by Crippen LogP contribution is 2.22. The molecule has 0 aliphatic carbocycles. The van der Waals surface area contributed by atoms with Crippen LogP contribution >= 0.6 is 11.3 Å². The molecule has 3 heterocycles. The molecular weight excluding hydrogens is 260 g/mol. The first-order chi connectivity index (χ1) is 9.31. The molecule has 1 aliphatic rings. The van der Waals surface area contributed by atoms with Crippen LogP contribution in [0, 0.1) is 6.92 Å². The summed E-state index contributed by atoms with van der Waals surface area (Å²) in [6.07, 6.45) is 3.78. The predicted octanol–water partition coefficient (Wildman–Crippen LogP) is 1.72. The first kappa shape index (κ1) is 12.3. The lowest BCUT2D eigenvalue weighted by atomic mass is 10.1. The summed E-state index contributed by atoms with van der Waals surface area (Å²) < 4.78 is 0. The molecule has 1 fully saturated rings. The molecule has 0 spiro atoms. The smallest absolute Gasteiger partial charge is 0.208 e. The Morgan fingerprint density at radius 3 is 2.84 bits per heavy atom. The number of hydrogen-bond donors (Lipinski definition) is 1. The molecule has 0 amide bonds. The van der Waals surface area contributed by atoms with Crippen LogP contribution in [0.15, 0.2) is 17.9 Å². The van der Waals surface area contributed by atoms with E-state index in [4.69, 9.17) is 0 Å². The minimum absolute atomic E-state index is 0.471. The lowest BCUT2D eigenvalue weighted by Crippen LogP contribution is -2.39. The Bertz CT molecular complexity index is 521. The fraction of sp³-hybridized carbons (Fsp3) is 0.500. The Kier molecular flexibility index (Phi) is 3.54. The average molecular weight is 276 g/mol. The minimum Gasteiger partial charge on any atom is -0.367 e. The van der Waals surface area contributed by atoms with Gasteiger partial charge in [0.2, 0.25) is 5.13 Å². The molecule has 0 atom stereocenters. The fourth-order valence-corrected chi connectivity index (χ4v) is 2.88. The Hall–Kier alpha value is -1.76. The monoisotopic (exact) mass is 276 g/mol. The summed E-state index contributed by atoms with van der Waals surface area (Å²) in [5.74, 6) is 0.918. The summed E-state index contributed by atoms with van der Waals surface area (Å²) in [4.78, 5) is 10.6. The van der Waals surface area contributed by atoms with Gasteiger partial charge in [-0.25, -0.2) is 9.97 Å². The lowest BCUT2D eigenvalue weighted by Gasteiger charge is -2.32. The molecule has 100 valence electrons. The van der Waals surface area contributed by atoms with Crippen molar-refractivity contribution in [2.45, 2.75) is 25.8 Å². The number of aryl methyl sites for hydroxylation is 1. The average Bonchev–Trinajstić information content (AvgIpc) is 2.94. The van der Waals surface area contributed by atoms with Crippen molar-refractivity contribution < 1.29 is 0 Å².